The highest BCUT2D eigenvalue weighted by Crippen LogP contribution is 2.23. The van der Waals surface area contributed by atoms with Gasteiger partial charge >= 0.3 is 0 Å². The molecule has 5 nitrogen and oxygen atoms in total. The molecular weight excluding hydrogens is 346 g/mol. The molecule has 0 bridgehead atoms. The zero-order chi connectivity index (χ0) is 16.4. The number of ether oxygens (including phenoxy) is 1. The molecule has 1 atom stereocenters. The maximum absolute atomic E-state index is 9.75. The van der Waals surface area contributed by atoms with Gasteiger partial charge < -0.3 is 15.2 Å². The first-order chi connectivity index (χ1) is 10.6. The van der Waals surface area contributed by atoms with E-state index in [1.165, 1.54) is 0 Å². The van der Waals surface area contributed by atoms with Crippen LogP contribution in [0.3, 0.4) is 0 Å². The number of methoxy groups -OCH3 is 1. The molecule has 1 unspecified atom stereocenters. The first-order valence-corrected chi connectivity index (χ1v) is 8.17. The van der Waals surface area contributed by atoms with E-state index in [2.05, 4.69) is 44.2 Å². The number of unbranched alkanes of at least 4 members (excludes halogenated alkanes) is 1. The lowest BCUT2D eigenvalue weighted by Crippen LogP contribution is -2.34. The molecule has 6 heteroatoms. The number of aliphatic imine (C=N–C) groups is 2. The molecule has 1 aliphatic rings. The standard InChI is InChI=1S/C16H24BrN3O2/c1-4-6-7-13-14(17)10-20-16(15(13)18-8-5-2)19-9-12(21)11-22-3/h5,7-8,10,12,21H,4,6,9,11H2,1-3H3,(H,19,20)/b8-5-,13-7+,18-15-. The zero-order valence-corrected chi connectivity index (χ0v) is 14.9. The van der Waals surface area contributed by atoms with Gasteiger partial charge in [-0.3, -0.25) is 9.98 Å². The molecule has 0 saturated carbocycles. The van der Waals surface area contributed by atoms with Crippen LogP contribution in [0.4, 0.5) is 0 Å². The summed E-state index contributed by atoms with van der Waals surface area (Å²) in [5, 5.41) is 12.9. The summed E-state index contributed by atoms with van der Waals surface area (Å²) >= 11 is 3.55. The zero-order valence-electron chi connectivity index (χ0n) is 13.3. The number of hydrogen-bond donors (Lipinski definition) is 2. The van der Waals surface area contributed by atoms with Crippen molar-refractivity contribution in [2.45, 2.75) is 32.8 Å². The van der Waals surface area contributed by atoms with E-state index in [1.807, 2.05) is 19.2 Å². The van der Waals surface area contributed by atoms with Crippen molar-refractivity contribution in [2.24, 2.45) is 9.98 Å². The predicted octanol–water partition coefficient (Wildman–Crippen LogP) is 2.93. The van der Waals surface area contributed by atoms with E-state index < -0.39 is 6.10 Å². The third kappa shape index (κ3) is 5.87. The molecule has 2 N–H and O–H groups in total. The van der Waals surface area contributed by atoms with Gasteiger partial charge in [-0.25, -0.2) is 0 Å². The predicted molar refractivity (Wildman–Crippen MR) is 95.6 cm³/mol. The van der Waals surface area contributed by atoms with Gasteiger partial charge in [0.1, 0.15) is 5.71 Å². The maximum atomic E-state index is 9.75. The number of aliphatic hydroxyl groups is 1. The van der Waals surface area contributed by atoms with Gasteiger partial charge in [-0.2, -0.15) is 0 Å². The summed E-state index contributed by atoms with van der Waals surface area (Å²) in [5.41, 5.74) is 1.78. The Morgan fingerprint density at radius 1 is 1.50 bits per heavy atom. The van der Waals surface area contributed by atoms with E-state index in [9.17, 15) is 5.11 Å². The van der Waals surface area contributed by atoms with Crippen LogP contribution in [-0.4, -0.2) is 43.0 Å². The fourth-order valence-electron chi connectivity index (χ4n) is 1.84. The second-order valence-electron chi connectivity index (χ2n) is 4.80. The Balaban J connectivity index is 3.08. The van der Waals surface area contributed by atoms with Crippen LogP contribution < -0.4 is 5.32 Å². The van der Waals surface area contributed by atoms with E-state index in [4.69, 9.17) is 4.74 Å². The van der Waals surface area contributed by atoms with E-state index in [-0.39, 0.29) is 13.2 Å². The second kappa shape index (κ2) is 10.5. The van der Waals surface area contributed by atoms with Crippen molar-refractivity contribution in [1.29, 1.82) is 0 Å². The Labute approximate surface area is 140 Å². The molecule has 1 heterocycles. The SMILES string of the molecule is C\C=C/N=C1\C(=NCC(O)COC)NC=C(Br)\C1=C/CCC. The molecule has 0 aromatic heterocycles. The number of amidine groups is 1. The van der Waals surface area contributed by atoms with E-state index in [1.54, 1.807) is 13.3 Å². The summed E-state index contributed by atoms with van der Waals surface area (Å²) < 4.78 is 5.86. The molecule has 0 aromatic rings. The lowest BCUT2D eigenvalue weighted by molar-refractivity contribution is 0.0705. The summed E-state index contributed by atoms with van der Waals surface area (Å²) in [4.78, 5) is 8.92. The van der Waals surface area contributed by atoms with E-state index >= 15 is 0 Å². The van der Waals surface area contributed by atoms with Crippen molar-refractivity contribution in [3.05, 3.63) is 34.6 Å². The number of hydrogen-bond acceptors (Lipinski definition) is 4. The molecule has 122 valence electrons. The summed E-state index contributed by atoms with van der Waals surface area (Å²) in [6.45, 7) is 4.57. The first kappa shape index (κ1) is 18.8. The lowest BCUT2D eigenvalue weighted by atomic mass is 10.0. The van der Waals surface area contributed by atoms with Gasteiger partial charge in [-0.15, -0.1) is 0 Å². The van der Waals surface area contributed by atoms with Gasteiger partial charge in [0, 0.05) is 29.6 Å². The lowest BCUT2D eigenvalue weighted by Gasteiger charge is -2.19. The Kier molecular flexibility index (Phi) is 8.96. The summed E-state index contributed by atoms with van der Waals surface area (Å²) in [6.07, 6.45) is 9.00. The molecule has 1 rings (SSSR count). The average Bonchev–Trinajstić information content (AvgIpc) is 2.51. The highest BCUT2D eigenvalue weighted by molar-refractivity contribution is 9.12. The highest BCUT2D eigenvalue weighted by Gasteiger charge is 2.20. The van der Waals surface area contributed by atoms with Crippen molar-refractivity contribution in [2.75, 3.05) is 20.3 Å². The van der Waals surface area contributed by atoms with Crippen molar-refractivity contribution >= 4 is 27.5 Å². The third-order valence-electron chi connectivity index (χ3n) is 2.88. The largest absolute Gasteiger partial charge is 0.389 e. The van der Waals surface area contributed by atoms with Gasteiger partial charge in [-0.05, 0) is 29.3 Å². The summed E-state index contributed by atoms with van der Waals surface area (Å²) in [5.74, 6) is 0.652. The van der Waals surface area contributed by atoms with E-state index in [0.29, 0.717) is 5.84 Å². The minimum Gasteiger partial charge on any atom is -0.389 e. The Bertz CT molecular complexity index is 508. The smallest absolute Gasteiger partial charge is 0.152 e. The molecule has 0 radical (unpaired) electrons. The molecule has 22 heavy (non-hydrogen) atoms. The van der Waals surface area contributed by atoms with Crippen molar-refractivity contribution in [3.8, 4) is 0 Å². The van der Waals surface area contributed by atoms with Crippen LogP contribution in [0.25, 0.3) is 0 Å². The van der Waals surface area contributed by atoms with Gasteiger partial charge in [0.05, 0.1) is 19.3 Å². The van der Waals surface area contributed by atoms with Crippen LogP contribution in [0.1, 0.15) is 26.7 Å². The van der Waals surface area contributed by atoms with Crippen molar-refractivity contribution in [3.63, 3.8) is 0 Å². The third-order valence-corrected chi connectivity index (χ3v) is 3.54. The van der Waals surface area contributed by atoms with Crippen LogP contribution in [0.2, 0.25) is 0 Å². The molecule has 0 fully saturated rings. The average molecular weight is 370 g/mol. The molecule has 0 aliphatic carbocycles. The number of allylic oxidation sites excluding steroid dienone is 3. The van der Waals surface area contributed by atoms with E-state index in [0.717, 1.165) is 28.6 Å². The summed E-state index contributed by atoms with van der Waals surface area (Å²) in [6, 6.07) is 0. The number of nitrogens with zero attached hydrogens (tertiary/aromatic N) is 2. The van der Waals surface area contributed by atoms with Gasteiger partial charge in [0.25, 0.3) is 0 Å². The van der Waals surface area contributed by atoms with Crippen LogP contribution in [-0.2, 0) is 4.74 Å². The molecule has 0 spiro atoms. The molecule has 0 amide bonds. The Morgan fingerprint density at radius 3 is 2.91 bits per heavy atom. The highest BCUT2D eigenvalue weighted by atomic mass is 79.9. The van der Waals surface area contributed by atoms with Crippen LogP contribution in [0.5, 0.6) is 0 Å². The Morgan fingerprint density at radius 2 is 2.27 bits per heavy atom. The monoisotopic (exact) mass is 369 g/mol. The Hall–Kier alpha value is -1.24. The van der Waals surface area contributed by atoms with Gasteiger partial charge in [-0.1, -0.05) is 25.5 Å². The maximum Gasteiger partial charge on any atom is 0.152 e. The fraction of sp³-hybridized carbons (Fsp3) is 0.500. The summed E-state index contributed by atoms with van der Waals surface area (Å²) in [7, 11) is 1.56. The quantitative estimate of drug-likeness (QED) is 0.724. The topological polar surface area (TPSA) is 66.2 Å². The van der Waals surface area contributed by atoms with Crippen LogP contribution in [0, 0.1) is 0 Å². The van der Waals surface area contributed by atoms with Gasteiger partial charge in [0.2, 0.25) is 0 Å². The second-order valence-corrected chi connectivity index (χ2v) is 5.66. The fourth-order valence-corrected chi connectivity index (χ4v) is 2.31. The number of rotatable bonds is 7. The van der Waals surface area contributed by atoms with Crippen LogP contribution >= 0.6 is 15.9 Å². The minimum atomic E-state index is -0.625. The number of halogens is 1. The van der Waals surface area contributed by atoms with Gasteiger partial charge in [0.15, 0.2) is 5.84 Å². The molecule has 0 saturated heterocycles. The van der Waals surface area contributed by atoms with Crippen molar-refractivity contribution < 1.29 is 9.84 Å². The number of aliphatic hydroxyl groups excluding tert-OH is 1. The molecule has 1 aliphatic heterocycles. The molecule has 0 aromatic carbocycles. The van der Waals surface area contributed by atoms with Crippen LogP contribution in [0.15, 0.2) is 44.6 Å². The van der Waals surface area contributed by atoms with Crippen molar-refractivity contribution in [1.82, 2.24) is 5.32 Å². The minimum absolute atomic E-state index is 0.260. The molecular formula is C16H24BrN3O2. The number of nitrogens with one attached hydrogen (secondary N) is 1. The first-order valence-electron chi connectivity index (χ1n) is 7.37. The normalized spacial score (nSPS) is 22.4.